The maximum absolute atomic E-state index is 13.1. The number of benzene rings is 1. The van der Waals surface area contributed by atoms with Gasteiger partial charge in [-0.3, -0.25) is 4.79 Å². The van der Waals surface area contributed by atoms with E-state index in [4.69, 9.17) is 0 Å². The summed E-state index contributed by atoms with van der Waals surface area (Å²) in [6, 6.07) is 0.984. The molecule has 0 aliphatic rings. The van der Waals surface area contributed by atoms with Crippen LogP contribution in [-0.2, 0) is 0 Å². The first kappa shape index (κ1) is 12.2. The molecule has 1 unspecified atom stereocenters. The average molecular weight is 281 g/mol. The van der Waals surface area contributed by atoms with Crippen molar-refractivity contribution in [3.8, 4) is 0 Å². The first-order valence-electron chi connectivity index (χ1n) is 4.30. The molecule has 1 aromatic carbocycles. The third-order valence-corrected chi connectivity index (χ3v) is 2.96. The van der Waals surface area contributed by atoms with Crippen LogP contribution in [-0.4, -0.2) is 10.6 Å². The molecular formula is C10H8BrF3O. The molecule has 1 nitrogen and oxygen atoms in total. The lowest BCUT2D eigenvalue weighted by Gasteiger charge is -2.07. The minimum absolute atomic E-state index is 0.398. The van der Waals surface area contributed by atoms with Gasteiger partial charge in [0.25, 0.3) is 0 Å². The van der Waals surface area contributed by atoms with Crippen molar-refractivity contribution < 1.29 is 18.0 Å². The Labute approximate surface area is 93.4 Å². The van der Waals surface area contributed by atoms with Gasteiger partial charge in [0.15, 0.2) is 5.78 Å². The Morgan fingerprint density at radius 2 is 1.80 bits per heavy atom. The van der Waals surface area contributed by atoms with Gasteiger partial charge in [-0.15, -0.1) is 0 Å². The number of hydrogen-bond acceptors (Lipinski definition) is 1. The Kier molecular flexibility index (Phi) is 3.90. The Hall–Kier alpha value is -0.840. The van der Waals surface area contributed by atoms with Crippen molar-refractivity contribution in [2.75, 3.05) is 0 Å². The van der Waals surface area contributed by atoms with Gasteiger partial charge in [0, 0.05) is 12.1 Å². The quantitative estimate of drug-likeness (QED) is 0.612. The SMILES string of the molecule is CCC(Br)C(=O)c1c(F)cc(F)cc1F. The fourth-order valence-electron chi connectivity index (χ4n) is 1.12. The van der Waals surface area contributed by atoms with E-state index in [0.717, 1.165) is 0 Å². The Morgan fingerprint density at radius 1 is 1.33 bits per heavy atom. The highest BCUT2D eigenvalue weighted by Gasteiger charge is 2.23. The molecular weight excluding hydrogens is 273 g/mol. The summed E-state index contributed by atoms with van der Waals surface area (Å²) >= 11 is 2.99. The van der Waals surface area contributed by atoms with Crippen molar-refractivity contribution in [2.24, 2.45) is 0 Å². The molecule has 82 valence electrons. The average Bonchev–Trinajstić information content (AvgIpc) is 2.14. The molecule has 0 radical (unpaired) electrons. The topological polar surface area (TPSA) is 17.1 Å². The van der Waals surface area contributed by atoms with Crippen LogP contribution in [0.2, 0.25) is 0 Å². The lowest BCUT2D eigenvalue weighted by Crippen LogP contribution is -2.17. The number of alkyl halides is 1. The summed E-state index contributed by atoms with van der Waals surface area (Å²) in [6.45, 7) is 1.69. The molecule has 0 aliphatic heterocycles. The van der Waals surface area contributed by atoms with Crippen molar-refractivity contribution >= 4 is 21.7 Å². The van der Waals surface area contributed by atoms with E-state index in [2.05, 4.69) is 15.9 Å². The summed E-state index contributed by atoms with van der Waals surface area (Å²) in [5.74, 6) is -4.09. The van der Waals surface area contributed by atoms with Gasteiger partial charge in [-0.1, -0.05) is 22.9 Å². The molecule has 0 spiro atoms. The predicted octanol–water partition coefficient (Wildman–Crippen LogP) is 3.46. The fraction of sp³-hybridized carbons (Fsp3) is 0.300. The molecule has 0 bridgehead atoms. The third-order valence-electron chi connectivity index (χ3n) is 1.90. The fourth-order valence-corrected chi connectivity index (χ4v) is 1.35. The highest BCUT2D eigenvalue weighted by atomic mass is 79.9. The molecule has 5 heteroatoms. The van der Waals surface area contributed by atoms with Crippen molar-refractivity contribution in [3.05, 3.63) is 35.1 Å². The molecule has 15 heavy (non-hydrogen) atoms. The number of halogens is 4. The third kappa shape index (κ3) is 2.59. The molecule has 0 amide bonds. The van der Waals surface area contributed by atoms with E-state index in [0.29, 0.717) is 18.6 Å². The second-order valence-electron chi connectivity index (χ2n) is 2.98. The molecule has 0 saturated carbocycles. The van der Waals surface area contributed by atoms with Gasteiger partial charge in [0.2, 0.25) is 0 Å². The minimum Gasteiger partial charge on any atom is -0.293 e. The largest absolute Gasteiger partial charge is 0.293 e. The van der Waals surface area contributed by atoms with Crippen LogP contribution < -0.4 is 0 Å². The van der Waals surface area contributed by atoms with Gasteiger partial charge < -0.3 is 0 Å². The molecule has 0 heterocycles. The number of carbonyl (C=O) groups is 1. The van der Waals surface area contributed by atoms with Crippen LogP contribution in [0.3, 0.4) is 0 Å². The van der Waals surface area contributed by atoms with Crippen LogP contribution in [0.15, 0.2) is 12.1 Å². The number of hydrogen-bond donors (Lipinski definition) is 0. The monoisotopic (exact) mass is 280 g/mol. The summed E-state index contributed by atoms with van der Waals surface area (Å²) in [5.41, 5.74) is -0.694. The zero-order valence-electron chi connectivity index (χ0n) is 7.86. The van der Waals surface area contributed by atoms with E-state index in [-0.39, 0.29) is 0 Å². The van der Waals surface area contributed by atoms with Gasteiger partial charge in [-0.25, -0.2) is 13.2 Å². The maximum Gasteiger partial charge on any atom is 0.182 e. The lowest BCUT2D eigenvalue weighted by molar-refractivity contribution is 0.0982. The number of Topliss-reactive ketones (excluding diaryl/α,β-unsaturated/α-hetero) is 1. The van der Waals surface area contributed by atoms with E-state index in [1.54, 1.807) is 6.92 Å². The van der Waals surface area contributed by atoms with Crippen molar-refractivity contribution in [1.82, 2.24) is 0 Å². The molecule has 0 fully saturated rings. The van der Waals surface area contributed by atoms with Crippen LogP contribution >= 0.6 is 15.9 Å². The predicted molar refractivity (Wildman–Crippen MR) is 53.7 cm³/mol. The van der Waals surface area contributed by atoms with Gasteiger partial charge in [0.05, 0.1) is 10.4 Å². The number of carbonyl (C=O) groups excluding carboxylic acids is 1. The Morgan fingerprint density at radius 3 is 2.20 bits per heavy atom. The van der Waals surface area contributed by atoms with E-state index >= 15 is 0 Å². The first-order valence-corrected chi connectivity index (χ1v) is 5.21. The summed E-state index contributed by atoms with van der Waals surface area (Å²) in [7, 11) is 0. The van der Waals surface area contributed by atoms with Gasteiger partial charge >= 0.3 is 0 Å². The van der Waals surface area contributed by atoms with Crippen LogP contribution in [0.4, 0.5) is 13.2 Å². The highest BCUT2D eigenvalue weighted by Crippen LogP contribution is 2.20. The summed E-state index contributed by atoms with van der Waals surface area (Å²) < 4.78 is 38.8. The molecule has 1 atom stereocenters. The van der Waals surface area contributed by atoms with Crippen molar-refractivity contribution in [3.63, 3.8) is 0 Å². The smallest absolute Gasteiger partial charge is 0.182 e. The summed E-state index contributed by atoms with van der Waals surface area (Å²) in [4.78, 5) is 10.8. The van der Waals surface area contributed by atoms with Crippen molar-refractivity contribution in [1.29, 1.82) is 0 Å². The lowest BCUT2D eigenvalue weighted by atomic mass is 10.1. The number of rotatable bonds is 3. The molecule has 1 rings (SSSR count). The minimum atomic E-state index is -1.17. The zero-order valence-corrected chi connectivity index (χ0v) is 9.45. The van der Waals surface area contributed by atoms with Gasteiger partial charge in [-0.2, -0.15) is 0 Å². The van der Waals surface area contributed by atoms with Crippen LogP contribution in [0, 0.1) is 17.5 Å². The molecule has 0 saturated heterocycles. The van der Waals surface area contributed by atoms with E-state index < -0.39 is 33.6 Å². The standard InChI is InChI=1S/C10H8BrF3O/c1-2-6(11)10(15)9-7(13)3-5(12)4-8(9)14/h3-4,6H,2H2,1H3. The number of ketones is 1. The second-order valence-corrected chi connectivity index (χ2v) is 4.09. The summed E-state index contributed by atoms with van der Waals surface area (Å²) in [6.07, 6.45) is 0.398. The van der Waals surface area contributed by atoms with E-state index in [1.807, 2.05) is 0 Å². The van der Waals surface area contributed by atoms with Crippen LogP contribution in [0.5, 0.6) is 0 Å². The first-order chi connectivity index (χ1) is 6.97. The highest BCUT2D eigenvalue weighted by molar-refractivity contribution is 9.10. The van der Waals surface area contributed by atoms with Crippen LogP contribution in [0.1, 0.15) is 23.7 Å². The molecule has 0 aromatic heterocycles. The van der Waals surface area contributed by atoms with Gasteiger partial charge in [0.1, 0.15) is 17.5 Å². The molecule has 0 N–H and O–H groups in total. The summed E-state index contributed by atoms with van der Waals surface area (Å²) in [5, 5.41) is 0. The van der Waals surface area contributed by atoms with E-state index in [1.165, 1.54) is 0 Å². The maximum atomic E-state index is 13.1. The van der Waals surface area contributed by atoms with E-state index in [9.17, 15) is 18.0 Å². The zero-order chi connectivity index (χ0) is 11.6. The second kappa shape index (κ2) is 4.79. The normalized spacial score (nSPS) is 12.6. The van der Waals surface area contributed by atoms with Gasteiger partial charge in [-0.05, 0) is 6.42 Å². The Bertz CT molecular complexity index is 369. The molecule has 0 aliphatic carbocycles. The Balaban J connectivity index is 3.20. The molecule has 1 aromatic rings. The van der Waals surface area contributed by atoms with Crippen LogP contribution in [0.25, 0.3) is 0 Å². The van der Waals surface area contributed by atoms with Crippen molar-refractivity contribution in [2.45, 2.75) is 18.2 Å².